The summed E-state index contributed by atoms with van der Waals surface area (Å²) in [6, 6.07) is 0. The number of aliphatic hydroxyl groups is 2. The van der Waals surface area contributed by atoms with Gasteiger partial charge in [0.2, 0.25) is 0 Å². The van der Waals surface area contributed by atoms with Crippen LogP contribution in [0.3, 0.4) is 0 Å². The van der Waals surface area contributed by atoms with Crippen molar-refractivity contribution >= 4 is 0 Å². The highest BCUT2D eigenvalue weighted by molar-refractivity contribution is 4.52. The smallest absolute Gasteiger partial charge is 0.102 e. The summed E-state index contributed by atoms with van der Waals surface area (Å²) in [5, 5.41) is 19.1. The molecule has 0 spiro atoms. The van der Waals surface area contributed by atoms with E-state index in [1.807, 2.05) is 0 Å². The highest BCUT2D eigenvalue weighted by Gasteiger charge is 2.25. The minimum Gasteiger partial charge on any atom is -0.391 e. The van der Waals surface area contributed by atoms with Crippen LogP contribution in [0.4, 0.5) is 0 Å². The fourth-order valence-corrected chi connectivity index (χ4v) is 4.61. The van der Waals surface area contributed by atoms with Crippen molar-refractivity contribution in [3.63, 3.8) is 0 Å². The summed E-state index contributed by atoms with van der Waals surface area (Å²) in [7, 11) is 0. The molecule has 0 fully saturated rings. The molecule has 0 radical (unpaired) electrons. The largest absolute Gasteiger partial charge is 0.391 e. The summed E-state index contributed by atoms with van der Waals surface area (Å²) in [6.45, 7) is 8.90. The Labute approximate surface area is 183 Å². The van der Waals surface area contributed by atoms with Crippen LogP contribution in [0, 0.1) is 0 Å². The first-order chi connectivity index (χ1) is 14.2. The molecule has 0 amide bonds. The van der Waals surface area contributed by atoms with Gasteiger partial charge in [-0.25, -0.2) is 0 Å². The standard InChI is InChI=1S/C26H56NO2/c1-3-5-7-9-10-11-12-13-14-15-16-17-18-20-22-27(23-25-28,24-26-29)21-19-8-6-4-2/h28-29H,3-26H2,1-2H3/q+1. The lowest BCUT2D eigenvalue weighted by molar-refractivity contribution is -0.929. The number of hydrogen-bond donors (Lipinski definition) is 2. The van der Waals surface area contributed by atoms with Crippen molar-refractivity contribution in [1.29, 1.82) is 0 Å². The number of nitrogens with zero attached hydrogens (tertiary/aromatic N) is 1. The molecule has 0 aromatic carbocycles. The van der Waals surface area contributed by atoms with E-state index in [0.717, 1.165) is 30.7 Å². The van der Waals surface area contributed by atoms with Gasteiger partial charge < -0.3 is 14.7 Å². The van der Waals surface area contributed by atoms with Gasteiger partial charge in [-0.1, -0.05) is 104 Å². The van der Waals surface area contributed by atoms with Crippen molar-refractivity contribution in [2.75, 3.05) is 39.4 Å². The second-order valence-electron chi connectivity index (χ2n) is 9.34. The third-order valence-electron chi connectivity index (χ3n) is 6.62. The molecule has 0 aromatic rings. The molecule has 0 aliphatic rings. The van der Waals surface area contributed by atoms with E-state index in [1.54, 1.807) is 0 Å². The van der Waals surface area contributed by atoms with Crippen LogP contribution in [-0.4, -0.2) is 54.1 Å². The zero-order valence-corrected chi connectivity index (χ0v) is 20.3. The van der Waals surface area contributed by atoms with Crippen LogP contribution >= 0.6 is 0 Å². The maximum atomic E-state index is 9.55. The average Bonchev–Trinajstić information content (AvgIpc) is 2.72. The van der Waals surface area contributed by atoms with Crippen LogP contribution in [-0.2, 0) is 0 Å². The fourth-order valence-electron chi connectivity index (χ4n) is 4.61. The molecule has 0 saturated carbocycles. The van der Waals surface area contributed by atoms with E-state index in [2.05, 4.69) is 13.8 Å². The molecule has 0 unspecified atom stereocenters. The molecule has 0 heterocycles. The van der Waals surface area contributed by atoms with Gasteiger partial charge in [-0.3, -0.25) is 0 Å². The van der Waals surface area contributed by atoms with Crippen LogP contribution in [0.2, 0.25) is 0 Å². The van der Waals surface area contributed by atoms with Gasteiger partial charge in [-0.05, 0) is 25.7 Å². The average molecular weight is 415 g/mol. The van der Waals surface area contributed by atoms with Gasteiger partial charge in [0, 0.05) is 0 Å². The van der Waals surface area contributed by atoms with Crippen LogP contribution in [0.1, 0.15) is 129 Å². The fraction of sp³-hybridized carbons (Fsp3) is 1.00. The molecule has 3 heteroatoms. The number of rotatable bonds is 24. The van der Waals surface area contributed by atoms with Crippen molar-refractivity contribution in [1.82, 2.24) is 0 Å². The molecule has 2 N–H and O–H groups in total. The van der Waals surface area contributed by atoms with Gasteiger partial charge in [-0.15, -0.1) is 0 Å². The molecule has 0 rings (SSSR count). The summed E-state index contributed by atoms with van der Waals surface area (Å²) in [4.78, 5) is 0. The lowest BCUT2D eigenvalue weighted by Gasteiger charge is -2.38. The summed E-state index contributed by atoms with van der Waals surface area (Å²) >= 11 is 0. The van der Waals surface area contributed by atoms with E-state index in [4.69, 9.17) is 0 Å². The number of aliphatic hydroxyl groups excluding tert-OH is 2. The SMILES string of the molecule is CCCCCCCCCCCCCCCC[N+](CCO)(CCO)CCCCCC. The minimum absolute atomic E-state index is 0.242. The summed E-state index contributed by atoms with van der Waals surface area (Å²) < 4.78 is 0.926. The maximum Gasteiger partial charge on any atom is 0.102 e. The van der Waals surface area contributed by atoms with E-state index < -0.39 is 0 Å². The number of unbranched alkanes of at least 4 members (excludes halogenated alkanes) is 16. The topological polar surface area (TPSA) is 40.5 Å². The molecule has 0 bridgehead atoms. The summed E-state index contributed by atoms with van der Waals surface area (Å²) in [5.74, 6) is 0. The Morgan fingerprint density at radius 2 is 0.655 bits per heavy atom. The Morgan fingerprint density at radius 3 is 0.966 bits per heavy atom. The minimum atomic E-state index is 0.242. The van der Waals surface area contributed by atoms with Gasteiger partial charge in [0.15, 0.2) is 0 Å². The van der Waals surface area contributed by atoms with E-state index in [9.17, 15) is 10.2 Å². The van der Waals surface area contributed by atoms with E-state index in [1.165, 1.54) is 116 Å². The van der Waals surface area contributed by atoms with Crippen molar-refractivity contribution in [2.24, 2.45) is 0 Å². The molecular weight excluding hydrogens is 358 g/mol. The predicted octanol–water partition coefficient (Wildman–Crippen LogP) is 6.85. The van der Waals surface area contributed by atoms with Crippen molar-refractivity contribution in [3.05, 3.63) is 0 Å². The predicted molar refractivity (Wildman–Crippen MR) is 128 cm³/mol. The Kier molecular flexibility index (Phi) is 22.5. The maximum absolute atomic E-state index is 9.55. The Balaban J connectivity index is 3.72. The molecule has 29 heavy (non-hydrogen) atoms. The van der Waals surface area contributed by atoms with Gasteiger partial charge in [0.05, 0.1) is 26.3 Å². The third-order valence-corrected chi connectivity index (χ3v) is 6.62. The van der Waals surface area contributed by atoms with Gasteiger partial charge >= 0.3 is 0 Å². The highest BCUT2D eigenvalue weighted by atomic mass is 16.3. The van der Waals surface area contributed by atoms with Crippen LogP contribution in [0.5, 0.6) is 0 Å². The normalized spacial score (nSPS) is 12.0. The van der Waals surface area contributed by atoms with E-state index >= 15 is 0 Å². The molecule has 0 aliphatic heterocycles. The molecule has 3 nitrogen and oxygen atoms in total. The quantitative estimate of drug-likeness (QED) is 0.134. The summed E-state index contributed by atoms with van der Waals surface area (Å²) in [6.07, 6.45) is 24.6. The second kappa shape index (κ2) is 22.6. The van der Waals surface area contributed by atoms with Gasteiger partial charge in [0.25, 0.3) is 0 Å². The zero-order chi connectivity index (χ0) is 21.5. The first-order valence-corrected chi connectivity index (χ1v) is 13.3. The Morgan fingerprint density at radius 1 is 0.379 bits per heavy atom. The van der Waals surface area contributed by atoms with Crippen molar-refractivity contribution in [2.45, 2.75) is 129 Å². The van der Waals surface area contributed by atoms with Crippen molar-refractivity contribution in [3.8, 4) is 0 Å². The first kappa shape index (κ1) is 28.9. The Hall–Kier alpha value is -0.120. The van der Waals surface area contributed by atoms with Crippen LogP contribution < -0.4 is 0 Å². The van der Waals surface area contributed by atoms with Gasteiger partial charge in [0.1, 0.15) is 13.1 Å². The number of hydrogen-bond acceptors (Lipinski definition) is 2. The molecule has 0 aromatic heterocycles. The summed E-state index contributed by atoms with van der Waals surface area (Å²) in [5.41, 5.74) is 0. The molecular formula is C26H56NO2+. The van der Waals surface area contributed by atoms with E-state index in [-0.39, 0.29) is 13.2 Å². The second-order valence-corrected chi connectivity index (χ2v) is 9.34. The first-order valence-electron chi connectivity index (χ1n) is 13.3. The zero-order valence-electron chi connectivity index (χ0n) is 20.3. The molecule has 0 saturated heterocycles. The van der Waals surface area contributed by atoms with Crippen LogP contribution in [0.15, 0.2) is 0 Å². The Bertz CT molecular complexity index is 303. The monoisotopic (exact) mass is 414 g/mol. The third kappa shape index (κ3) is 18.4. The van der Waals surface area contributed by atoms with Crippen molar-refractivity contribution < 1.29 is 14.7 Å². The molecule has 0 aliphatic carbocycles. The lowest BCUT2D eigenvalue weighted by atomic mass is 10.0. The van der Waals surface area contributed by atoms with Crippen LogP contribution in [0.25, 0.3) is 0 Å². The highest BCUT2D eigenvalue weighted by Crippen LogP contribution is 2.16. The molecule has 176 valence electrons. The van der Waals surface area contributed by atoms with E-state index in [0.29, 0.717) is 0 Å². The molecule has 0 atom stereocenters. The lowest BCUT2D eigenvalue weighted by Crippen LogP contribution is -2.52. The van der Waals surface area contributed by atoms with Gasteiger partial charge in [-0.2, -0.15) is 0 Å². The number of quaternary nitrogens is 1.